The van der Waals surface area contributed by atoms with Gasteiger partial charge in [0.05, 0.1) is 5.71 Å². The molecule has 0 heterocycles. The average molecular weight is 196 g/mol. The Morgan fingerprint density at radius 1 is 1.54 bits per heavy atom. The fourth-order valence-corrected chi connectivity index (χ4v) is 1.28. The highest BCUT2D eigenvalue weighted by Crippen LogP contribution is 2.17. The molecule has 0 aliphatic rings. The van der Waals surface area contributed by atoms with Crippen molar-refractivity contribution in [3.05, 3.63) is 47.5 Å². The number of hydrogen-bond acceptors (Lipinski definition) is 2. The van der Waals surface area contributed by atoms with Crippen molar-refractivity contribution in [1.29, 1.82) is 0 Å². The number of benzene rings is 1. The Bertz CT molecular complexity index is 333. The van der Waals surface area contributed by atoms with E-state index in [4.69, 9.17) is 16.8 Å². The molecule has 1 rings (SSSR count). The van der Waals surface area contributed by atoms with E-state index in [1.54, 1.807) is 18.2 Å². The molecule has 68 valence electrons. The van der Waals surface area contributed by atoms with Crippen LogP contribution in [0.2, 0.25) is 5.02 Å². The molecule has 0 saturated carbocycles. The van der Waals surface area contributed by atoms with Gasteiger partial charge < -0.3 is 5.21 Å². The van der Waals surface area contributed by atoms with E-state index in [-0.39, 0.29) is 0 Å². The number of halogens is 1. The van der Waals surface area contributed by atoms with Gasteiger partial charge in [0, 0.05) is 17.0 Å². The smallest absolute Gasteiger partial charge is 0.0920 e. The number of oxime groups is 1. The van der Waals surface area contributed by atoms with Crippen LogP contribution in [-0.2, 0) is 0 Å². The van der Waals surface area contributed by atoms with Gasteiger partial charge in [0.1, 0.15) is 0 Å². The quantitative estimate of drug-likeness (QED) is 0.342. The van der Waals surface area contributed by atoms with Crippen LogP contribution in [0.25, 0.3) is 0 Å². The van der Waals surface area contributed by atoms with Crippen molar-refractivity contribution in [3.8, 4) is 0 Å². The molecule has 1 aromatic carbocycles. The standard InChI is InChI=1S/C10H10ClNO/c1-2-5-10(12-13)8-6-3-4-7-9(8)11/h2-4,6-7,13H,1,5H2/b12-10+. The van der Waals surface area contributed by atoms with Crippen LogP contribution >= 0.6 is 11.6 Å². The number of hydrogen-bond donors (Lipinski definition) is 1. The summed E-state index contributed by atoms with van der Waals surface area (Å²) in [6, 6.07) is 7.23. The van der Waals surface area contributed by atoms with Crippen LogP contribution in [0.4, 0.5) is 0 Å². The third-order valence-corrected chi connectivity index (χ3v) is 1.97. The Labute approximate surface area is 82.1 Å². The zero-order valence-corrected chi connectivity index (χ0v) is 7.83. The first-order chi connectivity index (χ1) is 6.29. The lowest BCUT2D eigenvalue weighted by atomic mass is 10.1. The highest BCUT2D eigenvalue weighted by atomic mass is 35.5. The molecule has 0 radical (unpaired) electrons. The van der Waals surface area contributed by atoms with E-state index in [0.29, 0.717) is 17.2 Å². The van der Waals surface area contributed by atoms with Gasteiger partial charge in [0.15, 0.2) is 0 Å². The van der Waals surface area contributed by atoms with Crippen molar-refractivity contribution in [1.82, 2.24) is 0 Å². The number of nitrogens with zero attached hydrogens (tertiary/aromatic N) is 1. The summed E-state index contributed by atoms with van der Waals surface area (Å²) < 4.78 is 0. The normalized spacial score (nSPS) is 11.3. The predicted octanol–water partition coefficient (Wildman–Crippen LogP) is 3.09. The van der Waals surface area contributed by atoms with Gasteiger partial charge in [0.2, 0.25) is 0 Å². The van der Waals surface area contributed by atoms with Crippen molar-refractivity contribution in [3.63, 3.8) is 0 Å². The molecular formula is C10H10ClNO. The minimum atomic E-state index is 0.500. The third kappa shape index (κ3) is 2.33. The molecule has 0 aromatic heterocycles. The van der Waals surface area contributed by atoms with E-state index in [1.807, 2.05) is 12.1 Å². The molecule has 0 aliphatic heterocycles. The van der Waals surface area contributed by atoms with Crippen molar-refractivity contribution in [2.45, 2.75) is 6.42 Å². The summed E-state index contributed by atoms with van der Waals surface area (Å²) in [5.74, 6) is 0. The Morgan fingerprint density at radius 3 is 2.77 bits per heavy atom. The zero-order valence-electron chi connectivity index (χ0n) is 7.07. The van der Waals surface area contributed by atoms with Gasteiger partial charge in [-0.1, -0.05) is 41.0 Å². The summed E-state index contributed by atoms with van der Waals surface area (Å²) in [6.45, 7) is 3.57. The molecule has 2 nitrogen and oxygen atoms in total. The Balaban J connectivity index is 3.05. The molecule has 3 heteroatoms. The predicted molar refractivity (Wildman–Crippen MR) is 54.6 cm³/mol. The third-order valence-electron chi connectivity index (χ3n) is 1.64. The number of rotatable bonds is 3. The van der Waals surface area contributed by atoms with Gasteiger partial charge in [-0.2, -0.15) is 0 Å². The summed E-state index contributed by atoms with van der Waals surface area (Å²) in [5, 5.41) is 12.5. The first-order valence-electron chi connectivity index (χ1n) is 3.86. The van der Waals surface area contributed by atoms with E-state index < -0.39 is 0 Å². The number of allylic oxidation sites excluding steroid dienone is 1. The van der Waals surface area contributed by atoms with Crippen LogP contribution < -0.4 is 0 Å². The van der Waals surface area contributed by atoms with Gasteiger partial charge >= 0.3 is 0 Å². The van der Waals surface area contributed by atoms with Crippen LogP contribution in [0.5, 0.6) is 0 Å². The lowest BCUT2D eigenvalue weighted by molar-refractivity contribution is 0.318. The van der Waals surface area contributed by atoms with Crippen LogP contribution in [0.1, 0.15) is 12.0 Å². The molecule has 0 amide bonds. The van der Waals surface area contributed by atoms with Crippen LogP contribution in [0.15, 0.2) is 42.1 Å². The Kier molecular flexibility index (Phi) is 3.53. The Hall–Kier alpha value is -1.28. The van der Waals surface area contributed by atoms with E-state index in [0.717, 1.165) is 5.56 Å². The average Bonchev–Trinajstić information content (AvgIpc) is 2.16. The van der Waals surface area contributed by atoms with Crippen molar-refractivity contribution in [2.24, 2.45) is 5.16 Å². The van der Waals surface area contributed by atoms with Crippen LogP contribution in [-0.4, -0.2) is 10.9 Å². The van der Waals surface area contributed by atoms with Gasteiger partial charge in [-0.3, -0.25) is 0 Å². The highest BCUT2D eigenvalue weighted by Gasteiger charge is 2.05. The van der Waals surface area contributed by atoms with Crippen LogP contribution in [0.3, 0.4) is 0 Å². The first kappa shape index (κ1) is 9.81. The van der Waals surface area contributed by atoms with E-state index in [9.17, 15) is 0 Å². The molecule has 13 heavy (non-hydrogen) atoms. The highest BCUT2D eigenvalue weighted by molar-refractivity contribution is 6.34. The summed E-state index contributed by atoms with van der Waals surface area (Å²) in [7, 11) is 0. The molecule has 1 aromatic rings. The van der Waals surface area contributed by atoms with E-state index in [2.05, 4.69) is 11.7 Å². The van der Waals surface area contributed by atoms with Crippen molar-refractivity contribution >= 4 is 17.3 Å². The van der Waals surface area contributed by atoms with Gasteiger partial charge in [-0.05, 0) is 6.07 Å². The van der Waals surface area contributed by atoms with Crippen LogP contribution in [0, 0.1) is 0 Å². The summed E-state index contributed by atoms with van der Waals surface area (Å²) in [6.07, 6.45) is 2.17. The van der Waals surface area contributed by atoms with E-state index in [1.165, 1.54) is 0 Å². The van der Waals surface area contributed by atoms with Gasteiger partial charge in [-0.25, -0.2) is 0 Å². The molecular weight excluding hydrogens is 186 g/mol. The maximum absolute atomic E-state index is 8.72. The Morgan fingerprint density at radius 2 is 2.23 bits per heavy atom. The van der Waals surface area contributed by atoms with Gasteiger partial charge in [-0.15, -0.1) is 6.58 Å². The molecule has 0 spiro atoms. The first-order valence-corrected chi connectivity index (χ1v) is 4.24. The second-order valence-electron chi connectivity index (χ2n) is 2.52. The molecule has 0 unspecified atom stereocenters. The lowest BCUT2D eigenvalue weighted by Gasteiger charge is -2.03. The van der Waals surface area contributed by atoms with Crippen molar-refractivity contribution < 1.29 is 5.21 Å². The maximum atomic E-state index is 8.72. The topological polar surface area (TPSA) is 32.6 Å². The second kappa shape index (κ2) is 4.67. The zero-order chi connectivity index (χ0) is 9.68. The minimum Gasteiger partial charge on any atom is -0.411 e. The molecule has 0 aliphatic carbocycles. The summed E-state index contributed by atoms with van der Waals surface area (Å²) >= 11 is 5.91. The summed E-state index contributed by atoms with van der Waals surface area (Å²) in [4.78, 5) is 0. The summed E-state index contributed by atoms with van der Waals surface area (Å²) in [5.41, 5.74) is 1.27. The SMILES string of the molecule is C=CC/C(=N\O)c1ccccc1Cl. The molecule has 0 fully saturated rings. The molecule has 1 N–H and O–H groups in total. The molecule has 0 bridgehead atoms. The van der Waals surface area contributed by atoms with Crippen molar-refractivity contribution in [2.75, 3.05) is 0 Å². The lowest BCUT2D eigenvalue weighted by Crippen LogP contribution is -1.99. The maximum Gasteiger partial charge on any atom is 0.0920 e. The van der Waals surface area contributed by atoms with Gasteiger partial charge in [0.25, 0.3) is 0 Å². The minimum absolute atomic E-state index is 0.500. The molecule has 0 saturated heterocycles. The fourth-order valence-electron chi connectivity index (χ4n) is 1.04. The fraction of sp³-hybridized carbons (Fsp3) is 0.100. The monoisotopic (exact) mass is 195 g/mol. The molecule has 0 atom stereocenters. The largest absolute Gasteiger partial charge is 0.411 e. The van der Waals surface area contributed by atoms with E-state index >= 15 is 0 Å². The second-order valence-corrected chi connectivity index (χ2v) is 2.93.